The lowest BCUT2D eigenvalue weighted by Crippen LogP contribution is -2.32. The first-order chi connectivity index (χ1) is 6.18. The molecule has 0 bridgehead atoms. The van der Waals surface area contributed by atoms with E-state index in [-0.39, 0.29) is 5.82 Å². The molecular formula is C10H13BO2. The summed E-state index contributed by atoms with van der Waals surface area (Å²) < 4.78 is 5.43. The van der Waals surface area contributed by atoms with Gasteiger partial charge in [-0.1, -0.05) is 25.1 Å². The van der Waals surface area contributed by atoms with Gasteiger partial charge in [0.05, 0.1) is 0 Å². The number of fused-ring (bicyclic) bond motifs is 1. The molecule has 1 atom stereocenters. The molecule has 0 fully saturated rings. The summed E-state index contributed by atoms with van der Waals surface area (Å²) in [6.07, 6.45) is 0.901. The summed E-state index contributed by atoms with van der Waals surface area (Å²) in [5.74, 6) is 1.06. The van der Waals surface area contributed by atoms with Crippen LogP contribution in [0, 0.1) is 6.92 Å². The summed E-state index contributed by atoms with van der Waals surface area (Å²) in [7, 11) is -0.645. The molecule has 0 spiro atoms. The number of aryl methyl sites for hydroxylation is 1. The van der Waals surface area contributed by atoms with Crippen LogP contribution in [-0.2, 0) is 6.42 Å². The van der Waals surface area contributed by atoms with Crippen LogP contribution in [0.25, 0.3) is 0 Å². The molecule has 3 heteroatoms. The molecule has 0 aromatic heterocycles. The SMILES string of the molecule is Cc1cccc2c1OB(O)C(C)C2. The van der Waals surface area contributed by atoms with Crippen LogP contribution in [0.2, 0.25) is 5.82 Å². The maximum atomic E-state index is 9.53. The largest absolute Gasteiger partial charge is 0.536 e. The van der Waals surface area contributed by atoms with Gasteiger partial charge in [0.15, 0.2) is 0 Å². The van der Waals surface area contributed by atoms with Gasteiger partial charge < -0.3 is 9.68 Å². The monoisotopic (exact) mass is 176 g/mol. The highest BCUT2D eigenvalue weighted by molar-refractivity contribution is 6.46. The molecule has 1 aliphatic rings. The Morgan fingerprint density at radius 3 is 3.08 bits per heavy atom. The van der Waals surface area contributed by atoms with Gasteiger partial charge in [0.2, 0.25) is 0 Å². The Bertz CT molecular complexity index is 325. The molecule has 2 rings (SSSR count). The number of hydrogen-bond acceptors (Lipinski definition) is 2. The fourth-order valence-corrected chi connectivity index (χ4v) is 1.73. The van der Waals surface area contributed by atoms with Crippen molar-refractivity contribution in [2.45, 2.75) is 26.1 Å². The van der Waals surface area contributed by atoms with Crippen molar-refractivity contribution in [1.29, 1.82) is 0 Å². The molecule has 0 saturated carbocycles. The Hall–Kier alpha value is -0.955. The van der Waals surface area contributed by atoms with Gasteiger partial charge in [-0.3, -0.25) is 0 Å². The number of rotatable bonds is 0. The predicted octanol–water partition coefficient (Wildman–Crippen LogP) is 1.80. The highest BCUT2D eigenvalue weighted by Crippen LogP contribution is 2.33. The van der Waals surface area contributed by atoms with Crippen LogP contribution in [-0.4, -0.2) is 12.1 Å². The van der Waals surface area contributed by atoms with Crippen molar-refractivity contribution < 1.29 is 9.68 Å². The van der Waals surface area contributed by atoms with E-state index in [0.717, 1.165) is 17.7 Å². The van der Waals surface area contributed by atoms with Crippen LogP contribution < -0.4 is 4.65 Å². The first kappa shape index (κ1) is 8.63. The molecule has 0 saturated heterocycles. The molecule has 1 N–H and O–H groups in total. The number of hydrogen-bond donors (Lipinski definition) is 1. The van der Waals surface area contributed by atoms with E-state index in [4.69, 9.17) is 4.65 Å². The minimum atomic E-state index is -0.645. The molecule has 0 aliphatic carbocycles. The lowest BCUT2D eigenvalue weighted by atomic mass is 9.68. The summed E-state index contributed by atoms with van der Waals surface area (Å²) in [6.45, 7) is 4.00. The topological polar surface area (TPSA) is 29.5 Å². The molecule has 68 valence electrons. The first-order valence-corrected chi connectivity index (χ1v) is 4.61. The van der Waals surface area contributed by atoms with Crippen LogP contribution in [0.5, 0.6) is 5.75 Å². The van der Waals surface area contributed by atoms with Crippen LogP contribution in [0.3, 0.4) is 0 Å². The van der Waals surface area contributed by atoms with Crippen molar-refractivity contribution in [2.75, 3.05) is 0 Å². The Morgan fingerprint density at radius 1 is 1.54 bits per heavy atom. The van der Waals surface area contributed by atoms with Crippen molar-refractivity contribution in [1.82, 2.24) is 0 Å². The van der Waals surface area contributed by atoms with Gasteiger partial charge in [-0.2, -0.15) is 0 Å². The van der Waals surface area contributed by atoms with Crippen molar-refractivity contribution >= 4 is 7.12 Å². The Labute approximate surface area is 78.7 Å². The highest BCUT2D eigenvalue weighted by Gasteiger charge is 2.31. The smallest absolute Gasteiger partial charge is 0.525 e. The average Bonchev–Trinajstić information content (AvgIpc) is 2.09. The van der Waals surface area contributed by atoms with Crippen LogP contribution in [0.1, 0.15) is 18.1 Å². The molecular weight excluding hydrogens is 163 g/mol. The minimum Gasteiger partial charge on any atom is -0.536 e. The maximum Gasteiger partial charge on any atom is 0.525 e. The fraction of sp³-hybridized carbons (Fsp3) is 0.400. The molecule has 0 amide bonds. The van der Waals surface area contributed by atoms with E-state index in [0.29, 0.717) is 0 Å². The lowest BCUT2D eigenvalue weighted by Gasteiger charge is -2.25. The van der Waals surface area contributed by atoms with Crippen molar-refractivity contribution in [3.8, 4) is 5.75 Å². The third kappa shape index (κ3) is 1.44. The summed E-state index contributed by atoms with van der Waals surface area (Å²) in [5, 5.41) is 9.53. The van der Waals surface area contributed by atoms with Crippen LogP contribution in [0.15, 0.2) is 18.2 Å². The quantitative estimate of drug-likeness (QED) is 0.610. The second-order valence-electron chi connectivity index (χ2n) is 3.75. The maximum absolute atomic E-state index is 9.53. The van der Waals surface area contributed by atoms with Crippen molar-refractivity contribution in [3.05, 3.63) is 29.3 Å². The summed E-state index contributed by atoms with van der Waals surface area (Å²) >= 11 is 0. The molecule has 13 heavy (non-hydrogen) atoms. The fourth-order valence-electron chi connectivity index (χ4n) is 1.73. The van der Waals surface area contributed by atoms with Gasteiger partial charge in [0, 0.05) is 5.82 Å². The standard InChI is InChI=1S/C10H13BO2/c1-7-4-3-5-9-6-8(2)11(12)13-10(7)9/h3-5,8,12H,6H2,1-2H3. The normalized spacial score (nSPS) is 20.8. The van der Waals surface area contributed by atoms with E-state index in [1.54, 1.807) is 0 Å². The zero-order chi connectivity index (χ0) is 9.42. The first-order valence-electron chi connectivity index (χ1n) is 4.61. The Kier molecular flexibility index (Phi) is 2.04. The third-order valence-corrected chi connectivity index (χ3v) is 2.56. The van der Waals surface area contributed by atoms with E-state index in [2.05, 4.69) is 6.07 Å². The zero-order valence-corrected chi connectivity index (χ0v) is 7.95. The zero-order valence-electron chi connectivity index (χ0n) is 7.95. The van der Waals surface area contributed by atoms with Gasteiger partial charge >= 0.3 is 7.12 Å². The molecule has 1 aliphatic heterocycles. The van der Waals surface area contributed by atoms with Gasteiger partial charge in [0.25, 0.3) is 0 Å². The summed E-state index contributed by atoms with van der Waals surface area (Å²) in [6, 6.07) is 6.09. The molecule has 1 aromatic rings. The highest BCUT2D eigenvalue weighted by atomic mass is 16.5. The lowest BCUT2D eigenvalue weighted by molar-refractivity contribution is 0.377. The van der Waals surface area contributed by atoms with E-state index in [1.165, 1.54) is 5.56 Å². The third-order valence-electron chi connectivity index (χ3n) is 2.56. The van der Waals surface area contributed by atoms with Gasteiger partial charge in [-0.25, -0.2) is 0 Å². The molecule has 0 radical (unpaired) electrons. The molecule has 2 nitrogen and oxygen atoms in total. The van der Waals surface area contributed by atoms with Crippen LogP contribution in [0.4, 0.5) is 0 Å². The van der Waals surface area contributed by atoms with Gasteiger partial charge in [-0.05, 0) is 24.5 Å². The van der Waals surface area contributed by atoms with E-state index < -0.39 is 7.12 Å². The number of benzene rings is 1. The second kappa shape index (κ2) is 3.07. The minimum absolute atomic E-state index is 0.189. The van der Waals surface area contributed by atoms with Gasteiger partial charge in [-0.15, -0.1) is 0 Å². The summed E-state index contributed by atoms with van der Waals surface area (Å²) in [4.78, 5) is 0. The van der Waals surface area contributed by atoms with E-state index in [1.807, 2.05) is 26.0 Å². The number of para-hydroxylation sites is 1. The Balaban J connectivity index is 2.42. The molecule has 1 unspecified atom stereocenters. The second-order valence-corrected chi connectivity index (χ2v) is 3.75. The molecule has 1 aromatic carbocycles. The van der Waals surface area contributed by atoms with E-state index in [9.17, 15) is 5.02 Å². The Morgan fingerprint density at radius 2 is 2.31 bits per heavy atom. The average molecular weight is 176 g/mol. The van der Waals surface area contributed by atoms with Crippen molar-refractivity contribution in [3.63, 3.8) is 0 Å². The van der Waals surface area contributed by atoms with Crippen molar-refractivity contribution in [2.24, 2.45) is 0 Å². The predicted molar refractivity (Wildman–Crippen MR) is 52.9 cm³/mol. The van der Waals surface area contributed by atoms with Gasteiger partial charge in [0.1, 0.15) is 5.75 Å². The van der Waals surface area contributed by atoms with E-state index >= 15 is 0 Å². The van der Waals surface area contributed by atoms with Crippen LogP contribution >= 0.6 is 0 Å². The molecule has 1 heterocycles. The summed E-state index contributed by atoms with van der Waals surface area (Å²) in [5.41, 5.74) is 2.31.